The summed E-state index contributed by atoms with van der Waals surface area (Å²) in [4.78, 5) is 15.8. The molecular formula is C13H11Cl2NO4. The number of hydrogen-bond donors (Lipinski definition) is 0. The number of hydrogen-bond acceptors (Lipinski definition) is 5. The minimum atomic E-state index is -0.592. The monoisotopic (exact) mass is 315 g/mol. The molecule has 0 atom stereocenters. The SMILES string of the molecule is COC(=O)c1cnc2c(OC)cc(Cl)c(OC)c2c1Cl. The normalized spacial score (nSPS) is 10.4. The lowest BCUT2D eigenvalue weighted by molar-refractivity contribution is 0.0600. The number of ether oxygens (including phenoxy) is 3. The van der Waals surface area contributed by atoms with Gasteiger partial charge in [-0.2, -0.15) is 0 Å². The fraction of sp³-hybridized carbons (Fsp3) is 0.231. The minimum absolute atomic E-state index is 0.129. The van der Waals surface area contributed by atoms with Crippen molar-refractivity contribution in [1.82, 2.24) is 4.98 Å². The predicted molar refractivity (Wildman–Crippen MR) is 76.2 cm³/mol. The number of fused-ring (bicyclic) bond motifs is 1. The van der Waals surface area contributed by atoms with Crippen LogP contribution in [0.4, 0.5) is 0 Å². The number of esters is 1. The Labute approximate surface area is 125 Å². The van der Waals surface area contributed by atoms with Crippen LogP contribution >= 0.6 is 23.2 Å². The third-order valence-electron chi connectivity index (χ3n) is 2.78. The van der Waals surface area contributed by atoms with Crippen molar-refractivity contribution < 1.29 is 19.0 Å². The van der Waals surface area contributed by atoms with Crippen molar-refractivity contribution in [2.24, 2.45) is 0 Å². The molecule has 0 bridgehead atoms. The highest BCUT2D eigenvalue weighted by Gasteiger charge is 2.21. The maximum Gasteiger partial charge on any atom is 0.340 e. The molecule has 0 aliphatic heterocycles. The molecule has 0 aliphatic carbocycles. The van der Waals surface area contributed by atoms with Crippen molar-refractivity contribution in [2.45, 2.75) is 0 Å². The quantitative estimate of drug-likeness (QED) is 0.813. The standard InChI is InChI=1S/C13H11Cl2NO4/c1-18-8-4-7(14)12(19-2)9-10(15)6(13(17)20-3)5-16-11(8)9/h4-5H,1-3H3. The summed E-state index contributed by atoms with van der Waals surface area (Å²) in [7, 11) is 4.20. The smallest absolute Gasteiger partial charge is 0.340 e. The third-order valence-corrected chi connectivity index (χ3v) is 3.45. The van der Waals surface area contributed by atoms with E-state index in [9.17, 15) is 4.79 Å². The first-order valence-corrected chi connectivity index (χ1v) is 6.27. The van der Waals surface area contributed by atoms with E-state index >= 15 is 0 Å². The number of pyridine rings is 1. The molecule has 106 valence electrons. The molecule has 0 saturated heterocycles. The van der Waals surface area contributed by atoms with Crippen LogP contribution in [0.1, 0.15) is 10.4 Å². The van der Waals surface area contributed by atoms with Crippen LogP contribution in [0.3, 0.4) is 0 Å². The Kier molecular flexibility index (Phi) is 4.20. The topological polar surface area (TPSA) is 57.7 Å². The van der Waals surface area contributed by atoms with E-state index in [0.717, 1.165) is 0 Å². The molecule has 1 aromatic heterocycles. The van der Waals surface area contributed by atoms with Gasteiger partial charge in [0, 0.05) is 12.3 Å². The Hall–Kier alpha value is -1.72. The molecule has 7 heteroatoms. The summed E-state index contributed by atoms with van der Waals surface area (Å²) in [5, 5.41) is 0.864. The van der Waals surface area contributed by atoms with Gasteiger partial charge < -0.3 is 14.2 Å². The van der Waals surface area contributed by atoms with Crippen molar-refractivity contribution in [2.75, 3.05) is 21.3 Å². The number of methoxy groups -OCH3 is 3. The van der Waals surface area contributed by atoms with Crippen molar-refractivity contribution in [1.29, 1.82) is 0 Å². The van der Waals surface area contributed by atoms with Crippen molar-refractivity contribution >= 4 is 40.1 Å². The summed E-state index contributed by atoms with van der Waals surface area (Å²) in [5.41, 5.74) is 0.579. The maximum absolute atomic E-state index is 11.7. The van der Waals surface area contributed by atoms with Gasteiger partial charge in [0.1, 0.15) is 17.0 Å². The number of nitrogens with zero attached hydrogens (tertiary/aromatic N) is 1. The average molecular weight is 316 g/mol. The number of carbonyl (C=O) groups excluding carboxylic acids is 1. The van der Waals surface area contributed by atoms with E-state index in [0.29, 0.717) is 27.4 Å². The van der Waals surface area contributed by atoms with E-state index in [4.69, 9.17) is 32.7 Å². The largest absolute Gasteiger partial charge is 0.494 e. The van der Waals surface area contributed by atoms with Crippen LogP contribution in [-0.2, 0) is 4.74 Å². The van der Waals surface area contributed by atoms with E-state index < -0.39 is 5.97 Å². The lowest BCUT2D eigenvalue weighted by atomic mass is 10.1. The molecular weight excluding hydrogens is 305 g/mol. The van der Waals surface area contributed by atoms with Gasteiger partial charge in [0.15, 0.2) is 0 Å². The van der Waals surface area contributed by atoms with E-state index in [2.05, 4.69) is 9.72 Å². The zero-order chi connectivity index (χ0) is 14.9. The summed E-state index contributed by atoms with van der Waals surface area (Å²) in [6, 6.07) is 1.57. The molecule has 1 heterocycles. The molecule has 0 spiro atoms. The van der Waals surface area contributed by atoms with Crippen LogP contribution < -0.4 is 9.47 Å². The van der Waals surface area contributed by atoms with Crippen molar-refractivity contribution in [3.05, 3.63) is 27.9 Å². The molecule has 2 rings (SSSR count). The third kappa shape index (κ3) is 2.23. The van der Waals surface area contributed by atoms with Gasteiger partial charge in [0.2, 0.25) is 0 Å². The number of rotatable bonds is 3. The highest BCUT2D eigenvalue weighted by atomic mass is 35.5. The Morgan fingerprint density at radius 3 is 2.45 bits per heavy atom. The van der Waals surface area contributed by atoms with Gasteiger partial charge in [-0.05, 0) is 0 Å². The van der Waals surface area contributed by atoms with Crippen LogP contribution in [-0.4, -0.2) is 32.3 Å². The van der Waals surface area contributed by atoms with Crippen LogP contribution in [0.25, 0.3) is 10.9 Å². The van der Waals surface area contributed by atoms with Crippen LogP contribution in [0.5, 0.6) is 11.5 Å². The molecule has 0 unspecified atom stereocenters. The number of benzene rings is 1. The molecule has 0 fully saturated rings. The summed E-state index contributed by atoms with van der Waals surface area (Å²) in [6.45, 7) is 0. The van der Waals surface area contributed by atoms with Gasteiger partial charge >= 0.3 is 5.97 Å². The summed E-state index contributed by atoms with van der Waals surface area (Å²) in [6.07, 6.45) is 1.33. The Morgan fingerprint density at radius 1 is 1.20 bits per heavy atom. The lowest BCUT2D eigenvalue weighted by Crippen LogP contribution is -2.04. The second kappa shape index (κ2) is 5.73. The zero-order valence-electron chi connectivity index (χ0n) is 11.0. The van der Waals surface area contributed by atoms with Crippen LogP contribution in [0.2, 0.25) is 10.0 Å². The average Bonchev–Trinajstić information content (AvgIpc) is 2.46. The second-order valence-electron chi connectivity index (χ2n) is 3.79. The van der Waals surface area contributed by atoms with Gasteiger partial charge in [-0.3, -0.25) is 4.98 Å². The molecule has 2 aromatic rings. The predicted octanol–water partition coefficient (Wildman–Crippen LogP) is 3.35. The van der Waals surface area contributed by atoms with E-state index in [1.807, 2.05) is 0 Å². The van der Waals surface area contributed by atoms with Crippen molar-refractivity contribution in [3.63, 3.8) is 0 Å². The van der Waals surface area contributed by atoms with Gasteiger partial charge in [0.05, 0.1) is 42.3 Å². The van der Waals surface area contributed by atoms with Crippen LogP contribution in [0, 0.1) is 0 Å². The van der Waals surface area contributed by atoms with Gasteiger partial charge in [0.25, 0.3) is 0 Å². The number of carbonyl (C=O) groups is 1. The first-order chi connectivity index (χ1) is 9.54. The zero-order valence-corrected chi connectivity index (χ0v) is 12.5. The molecule has 1 aromatic carbocycles. The fourth-order valence-electron chi connectivity index (χ4n) is 1.86. The molecule has 0 radical (unpaired) electrons. The molecule has 0 N–H and O–H groups in total. The Balaban J connectivity index is 2.91. The van der Waals surface area contributed by atoms with Crippen molar-refractivity contribution in [3.8, 4) is 11.5 Å². The maximum atomic E-state index is 11.7. The second-order valence-corrected chi connectivity index (χ2v) is 4.58. The molecule has 0 aliphatic rings. The van der Waals surface area contributed by atoms with E-state index in [-0.39, 0.29) is 10.6 Å². The summed E-state index contributed by atoms with van der Waals surface area (Å²) in [5.74, 6) is 0.167. The van der Waals surface area contributed by atoms with Gasteiger partial charge in [-0.1, -0.05) is 23.2 Å². The highest BCUT2D eigenvalue weighted by molar-refractivity contribution is 6.40. The molecule has 0 saturated carbocycles. The van der Waals surface area contributed by atoms with E-state index in [1.165, 1.54) is 27.5 Å². The minimum Gasteiger partial charge on any atom is -0.494 e. The fourth-order valence-corrected chi connectivity index (χ4v) is 2.43. The number of halogens is 2. The number of aromatic nitrogens is 1. The Bertz CT molecular complexity index is 688. The first kappa shape index (κ1) is 14.7. The van der Waals surface area contributed by atoms with Crippen LogP contribution in [0.15, 0.2) is 12.3 Å². The molecule has 0 amide bonds. The van der Waals surface area contributed by atoms with E-state index in [1.54, 1.807) is 6.07 Å². The molecule has 5 nitrogen and oxygen atoms in total. The summed E-state index contributed by atoms with van der Waals surface area (Å²) >= 11 is 12.4. The first-order valence-electron chi connectivity index (χ1n) is 5.52. The Morgan fingerprint density at radius 2 is 1.90 bits per heavy atom. The van der Waals surface area contributed by atoms with Gasteiger partial charge in [-0.25, -0.2) is 4.79 Å². The highest BCUT2D eigenvalue weighted by Crippen LogP contribution is 2.42. The summed E-state index contributed by atoms with van der Waals surface area (Å²) < 4.78 is 15.1. The molecule has 20 heavy (non-hydrogen) atoms. The van der Waals surface area contributed by atoms with Gasteiger partial charge in [-0.15, -0.1) is 0 Å². The lowest BCUT2D eigenvalue weighted by Gasteiger charge is -2.13.